The van der Waals surface area contributed by atoms with Crippen LogP contribution in [0.5, 0.6) is 0 Å². The van der Waals surface area contributed by atoms with Crippen LogP contribution in [-0.4, -0.2) is 24.3 Å². The first kappa shape index (κ1) is 15.9. The van der Waals surface area contributed by atoms with Crippen molar-refractivity contribution in [3.63, 3.8) is 0 Å². The maximum Gasteiger partial charge on any atom is 0.337 e. The van der Waals surface area contributed by atoms with Crippen LogP contribution in [0, 0.1) is 11.3 Å². The van der Waals surface area contributed by atoms with Gasteiger partial charge in [0, 0.05) is 12.7 Å². The maximum atomic E-state index is 11.4. The number of nitriles is 1. The second-order valence-corrected chi connectivity index (χ2v) is 5.25. The molecule has 0 unspecified atom stereocenters. The lowest BCUT2D eigenvalue weighted by Crippen LogP contribution is -2.04. The Bertz CT molecular complexity index is 708. The fourth-order valence-corrected chi connectivity index (χ4v) is 2.25. The first-order valence-corrected chi connectivity index (χ1v) is 7.75. The van der Waals surface area contributed by atoms with E-state index in [2.05, 4.69) is 21.1 Å². The molecule has 0 bridgehead atoms. The van der Waals surface area contributed by atoms with Crippen molar-refractivity contribution in [2.75, 3.05) is 18.7 Å². The number of rotatable bonds is 5. The first-order valence-electron chi connectivity index (χ1n) is 6.53. The number of pyridine rings is 1. The quantitative estimate of drug-likeness (QED) is 0.675. The van der Waals surface area contributed by atoms with Crippen molar-refractivity contribution < 1.29 is 9.53 Å². The number of thioether (sulfide) groups is 1. The van der Waals surface area contributed by atoms with Crippen molar-refractivity contribution in [3.8, 4) is 6.07 Å². The lowest BCUT2D eigenvalue weighted by atomic mass is 10.1. The normalized spacial score (nSPS) is 9.86. The number of hydrogen-bond acceptors (Lipinski definition) is 6. The van der Waals surface area contributed by atoms with Crippen LogP contribution >= 0.6 is 11.8 Å². The van der Waals surface area contributed by atoms with Gasteiger partial charge in [0.1, 0.15) is 6.07 Å². The molecule has 1 heterocycles. The van der Waals surface area contributed by atoms with Crippen LogP contribution < -0.4 is 5.32 Å². The largest absolute Gasteiger partial charge is 0.465 e. The molecule has 0 aliphatic carbocycles. The Morgan fingerprint density at radius 1 is 1.41 bits per heavy atom. The summed E-state index contributed by atoms with van der Waals surface area (Å²) < 4.78 is 4.66. The van der Waals surface area contributed by atoms with Gasteiger partial charge >= 0.3 is 5.97 Å². The summed E-state index contributed by atoms with van der Waals surface area (Å²) in [5.74, 6) is -0.356. The number of anilines is 1. The minimum absolute atomic E-state index is 0.356. The van der Waals surface area contributed by atoms with E-state index >= 15 is 0 Å². The number of nitrogens with one attached hydrogen (secondary N) is 1. The smallest absolute Gasteiger partial charge is 0.337 e. The van der Waals surface area contributed by atoms with Crippen molar-refractivity contribution in [2.24, 2.45) is 0 Å². The Balaban J connectivity index is 2.10. The van der Waals surface area contributed by atoms with E-state index in [4.69, 9.17) is 5.26 Å². The number of carbonyl (C=O) groups excluding carboxylic acids is 1. The molecule has 112 valence electrons. The fourth-order valence-electron chi connectivity index (χ4n) is 1.86. The van der Waals surface area contributed by atoms with E-state index < -0.39 is 0 Å². The zero-order valence-corrected chi connectivity index (χ0v) is 13.1. The predicted molar refractivity (Wildman–Crippen MR) is 85.8 cm³/mol. The van der Waals surface area contributed by atoms with Gasteiger partial charge in [0.25, 0.3) is 0 Å². The van der Waals surface area contributed by atoms with Crippen molar-refractivity contribution in [2.45, 2.75) is 11.6 Å². The third-order valence-electron chi connectivity index (χ3n) is 3.07. The third-order valence-corrected chi connectivity index (χ3v) is 3.71. The van der Waals surface area contributed by atoms with Crippen molar-refractivity contribution in [1.29, 1.82) is 5.26 Å². The molecule has 1 aromatic heterocycles. The van der Waals surface area contributed by atoms with Crippen LogP contribution in [0.3, 0.4) is 0 Å². The number of carbonyl (C=O) groups is 1. The summed E-state index contributed by atoms with van der Waals surface area (Å²) in [6.07, 6.45) is 3.50. The number of benzene rings is 1. The lowest BCUT2D eigenvalue weighted by molar-refractivity contribution is 0.0600. The summed E-state index contributed by atoms with van der Waals surface area (Å²) in [4.78, 5) is 15.5. The number of esters is 1. The van der Waals surface area contributed by atoms with Crippen molar-refractivity contribution in [3.05, 3.63) is 53.2 Å². The Labute approximate surface area is 133 Å². The lowest BCUT2D eigenvalue weighted by Gasteiger charge is -2.09. The number of hydrogen-bond donors (Lipinski definition) is 1. The van der Waals surface area contributed by atoms with Gasteiger partial charge in [-0.3, -0.25) is 0 Å². The Morgan fingerprint density at radius 2 is 2.14 bits per heavy atom. The highest BCUT2D eigenvalue weighted by atomic mass is 32.2. The van der Waals surface area contributed by atoms with Gasteiger partial charge in [-0.2, -0.15) is 5.26 Å². The van der Waals surface area contributed by atoms with Gasteiger partial charge in [-0.15, -0.1) is 11.8 Å². The van der Waals surface area contributed by atoms with Gasteiger partial charge in [-0.05, 0) is 30.0 Å². The Hall–Kier alpha value is -2.52. The van der Waals surface area contributed by atoms with E-state index in [1.165, 1.54) is 18.9 Å². The predicted octanol–water partition coefficient (Wildman–Crippen LogP) is 3.07. The molecule has 2 aromatic rings. The average molecular weight is 313 g/mol. The van der Waals surface area contributed by atoms with E-state index in [9.17, 15) is 4.79 Å². The monoisotopic (exact) mass is 313 g/mol. The van der Waals surface area contributed by atoms with Crippen LogP contribution in [-0.2, 0) is 11.3 Å². The maximum absolute atomic E-state index is 11.4. The molecule has 1 N–H and O–H groups in total. The number of aromatic nitrogens is 1. The van der Waals surface area contributed by atoms with Crippen LogP contribution in [0.2, 0.25) is 0 Å². The highest BCUT2D eigenvalue weighted by Crippen LogP contribution is 2.21. The minimum atomic E-state index is -0.356. The SMILES string of the molecule is COC(=O)c1ccc(CNc2cc(SC)ncc2C#N)cc1. The van der Waals surface area contributed by atoms with Crippen LogP contribution in [0.1, 0.15) is 21.5 Å². The second kappa shape index (κ2) is 7.48. The molecule has 0 saturated heterocycles. The van der Waals surface area contributed by atoms with Gasteiger partial charge in [0.15, 0.2) is 0 Å². The van der Waals surface area contributed by atoms with Crippen LogP contribution in [0.4, 0.5) is 5.69 Å². The van der Waals surface area contributed by atoms with E-state index in [0.717, 1.165) is 16.3 Å². The molecule has 5 nitrogen and oxygen atoms in total. The topological polar surface area (TPSA) is 75.0 Å². The highest BCUT2D eigenvalue weighted by molar-refractivity contribution is 7.98. The standard InChI is InChI=1S/C16H15N3O2S/c1-21-16(20)12-5-3-11(4-6-12)9-18-14-7-15(22-2)19-10-13(14)8-17/h3-7,10H,9H2,1-2H3,(H,18,19). The summed E-state index contributed by atoms with van der Waals surface area (Å²) in [5.41, 5.74) is 2.76. The molecule has 0 saturated carbocycles. The highest BCUT2D eigenvalue weighted by Gasteiger charge is 2.06. The van der Waals surface area contributed by atoms with Gasteiger partial charge in [-0.25, -0.2) is 9.78 Å². The second-order valence-electron chi connectivity index (χ2n) is 4.43. The van der Waals surface area contributed by atoms with E-state index in [-0.39, 0.29) is 5.97 Å². The van der Waals surface area contributed by atoms with E-state index in [1.54, 1.807) is 18.3 Å². The summed E-state index contributed by atoms with van der Waals surface area (Å²) >= 11 is 1.52. The number of nitrogens with zero attached hydrogens (tertiary/aromatic N) is 2. The Kier molecular flexibility index (Phi) is 5.39. The average Bonchev–Trinajstić information content (AvgIpc) is 2.59. The van der Waals surface area contributed by atoms with E-state index in [1.807, 2.05) is 24.5 Å². The molecular formula is C16H15N3O2S. The molecule has 1 aromatic carbocycles. The molecule has 0 aliphatic rings. The number of methoxy groups -OCH3 is 1. The zero-order valence-electron chi connectivity index (χ0n) is 12.3. The van der Waals surface area contributed by atoms with Gasteiger partial charge in [0.2, 0.25) is 0 Å². The molecule has 0 amide bonds. The molecule has 6 heteroatoms. The van der Waals surface area contributed by atoms with E-state index in [0.29, 0.717) is 17.7 Å². The Morgan fingerprint density at radius 3 is 2.73 bits per heavy atom. The summed E-state index contributed by atoms with van der Waals surface area (Å²) in [6.45, 7) is 0.550. The van der Waals surface area contributed by atoms with Crippen LogP contribution in [0.25, 0.3) is 0 Å². The number of ether oxygens (including phenoxy) is 1. The van der Waals surface area contributed by atoms with Gasteiger partial charge < -0.3 is 10.1 Å². The summed E-state index contributed by atoms with van der Waals surface area (Å²) in [6, 6.07) is 11.1. The first-order chi connectivity index (χ1) is 10.7. The van der Waals surface area contributed by atoms with Gasteiger partial charge in [0.05, 0.1) is 29.0 Å². The van der Waals surface area contributed by atoms with Gasteiger partial charge in [-0.1, -0.05) is 12.1 Å². The molecule has 2 rings (SSSR count). The summed E-state index contributed by atoms with van der Waals surface area (Å²) in [7, 11) is 1.36. The molecule has 0 atom stereocenters. The molecule has 0 aliphatic heterocycles. The molecule has 0 radical (unpaired) electrons. The third kappa shape index (κ3) is 3.77. The summed E-state index contributed by atoms with van der Waals surface area (Å²) in [5, 5.41) is 13.2. The molecule has 0 spiro atoms. The minimum Gasteiger partial charge on any atom is -0.465 e. The van der Waals surface area contributed by atoms with Crippen molar-refractivity contribution in [1.82, 2.24) is 4.98 Å². The molecule has 0 fully saturated rings. The van der Waals surface area contributed by atoms with Crippen LogP contribution in [0.15, 0.2) is 41.6 Å². The zero-order chi connectivity index (χ0) is 15.9. The fraction of sp³-hybridized carbons (Fsp3) is 0.188. The molecular weight excluding hydrogens is 298 g/mol. The molecule has 22 heavy (non-hydrogen) atoms. The van der Waals surface area contributed by atoms with Crippen molar-refractivity contribution >= 4 is 23.4 Å².